The molecular weight excluding hydrogens is 204 g/mol. The van der Waals surface area contributed by atoms with Crippen LogP contribution in [0.1, 0.15) is 26.7 Å². The van der Waals surface area contributed by atoms with E-state index in [4.69, 9.17) is 16.7 Å². The summed E-state index contributed by atoms with van der Waals surface area (Å²) in [5, 5.41) is 8.89. The smallest absolute Gasteiger partial charge is 0.221 e. The van der Waals surface area contributed by atoms with E-state index in [1.165, 1.54) is 0 Å². The molecule has 0 bridgehead atoms. The highest BCUT2D eigenvalue weighted by Crippen LogP contribution is 2.22. The number of likely N-dealkylation sites (tertiary alicyclic amines) is 1. The molecular formula is C11H20N4O. The van der Waals surface area contributed by atoms with Crippen LogP contribution in [0.4, 0.5) is 0 Å². The molecule has 16 heavy (non-hydrogen) atoms. The van der Waals surface area contributed by atoms with Gasteiger partial charge in [-0.3, -0.25) is 9.69 Å². The van der Waals surface area contributed by atoms with Crippen LogP contribution in [0.2, 0.25) is 0 Å². The summed E-state index contributed by atoms with van der Waals surface area (Å²) in [6, 6.07) is 2.43. The Kier molecular flexibility index (Phi) is 3.89. The van der Waals surface area contributed by atoms with Crippen molar-refractivity contribution in [2.45, 2.75) is 38.3 Å². The van der Waals surface area contributed by atoms with E-state index in [1.54, 1.807) is 6.92 Å². The zero-order valence-corrected chi connectivity index (χ0v) is 9.94. The normalized spacial score (nSPS) is 30.4. The van der Waals surface area contributed by atoms with Gasteiger partial charge in [-0.15, -0.1) is 0 Å². The first-order valence-electron chi connectivity index (χ1n) is 5.59. The Hall–Kier alpha value is -1.12. The third-order valence-corrected chi connectivity index (χ3v) is 3.20. The molecule has 0 radical (unpaired) electrons. The van der Waals surface area contributed by atoms with Gasteiger partial charge in [0.1, 0.15) is 5.54 Å². The van der Waals surface area contributed by atoms with E-state index < -0.39 is 5.54 Å². The number of piperidine rings is 1. The van der Waals surface area contributed by atoms with Gasteiger partial charge >= 0.3 is 0 Å². The van der Waals surface area contributed by atoms with Crippen LogP contribution >= 0.6 is 0 Å². The van der Waals surface area contributed by atoms with Gasteiger partial charge in [-0.05, 0) is 26.7 Å². The number of primary amides is 1. The Balaban J connectivity index is 2.64. The van der Waals surface area contributed by atoms with Crippen LogP contribution < -0.4 is 11.5 Å². The molecule has 0 aromatic heterocycles. The maximum absolute atomic E-state index is 11.1. The summed E-state index contributed by atoms with van der Waals surface area (Å²) < 4.78 is 0. The van der Waals surface area contributed by atoms with Crippen molar-refractivity contribution < 1.29 is 4.79 Å². The average Bonchev–Trinajstić information content (AvgIpc) is 2.21. The van der Waals surface area contributed by atoms with E-state index in [0.29, 0.717) is 19.1 Å². The summed E-state index contributed by atoms with van der Waals surface area (Å²) in [5.74, 6) is -0.363. The zero-order chi connectivity index (χ0) is 12.3. The van der Waals surface area contributed by atoms with Crippen molar-refractivity contribution >= 4 is 5.91 Å². The molecule has 3 atom stereocenters. The van der Waals surface area contributed by atoms with Crippen LogP contribution in [0.5, 0.6) is 0 Å². The summed E-state index contributed by atoms with van der Waals surface area (Å²) in [6.45, 7) is 4.89. The van der Waals surface area contributed by atoms with E-state index in [2.05, 4.69) is 17.9 Å². The fraction of sp³-hybridized carbons (Fsp3) is 0.818. The number of nitriles is 1. The Morgan fingerprint density at radius 3 is 2.75 bits per heavy atom. The molecule has 5 nitrogen and oxygen atoms in total. The minimum atomic E-state index is -0.867. The van der Waals surface area contributed by atoms with Crippen molar-refractivity contribution in [3.05, 3.63) is 0 Å². The monoisotopic (exact) mass is 224 g/mol. The highest BCUT2D eigenvalue weighted by atomic mass is 16.1. The number of amides is 1. The lowest BCUT2D eigenvalue weighted by Crippen LogP contribution is -2.54. The fourth-order valence-electron chi connectivity index (χ4n) is 2.09. The van der Waals surface area contributed by atoms with Gasteiger partial charge in [-0.1, -0.05) is 0 Å². The molecule has 5 heteroatoms. The second-order valence-corrected chi connectivity index (χ2v) is 4.98. The number of carbonyl (C=O) groups excluding carboxylic acids is 1. The number of rotatable bonds is 3. The van der Waals surface area contributed by atoms with Crippen molar-refractivity contribution in [1.82, 2.24) is 4.90 Å². The topological polar surface area (TPSA) is 96.1 Å². The SMILES string of the molecule is CC1CCC(C(N)=O)CN1CC(C)(N)C#N. The predicted molar refractivity (Wildman–Crippen MR) is 61.2 cm³/mol. The molecule has 1 heterocycles. The third-order valence-electron chi connectivity index (χ3n) is 3.20. The number of carbonyl (C=O) groups is 1. The van der Waals surface area contributed by atoms with Gasteiger partial charge in [0, 0.05) is 19.1 Å². The summed E-state index contributed by atoms with van der Waals surface area (Å²) >= 11 is 0. The number of nitrogens with zero attached hydrogens (tertiary/aromatic N) is 2. The lowest BCUT2D eigenvalue weighted by molar-refractivity contribution is -0.124. The van der Waals surface area contributed by atoms with E-state index in [1.807, 2.05) is 0 Å². The second-order valence-electron chi connectivity index (χ2n) is 4.98. The predicted octanol–water partition coefficient (Wildman–Crippen LogP) is -0.187. The number of hydrogen-bond acceptors (Lipinski definition) is 4. The molecule has 0 aromatic carbocycles. The van der Waals surface area contributed by atoms with Gasteiger partial charge in [0.05, 0.1) is 12.0 Å². The highest BCUT2D eigenvalue weighted by molar-refractivity contribution is 5.76. The van der Waals surface area contributed by atoms with Crippen molar-refractivity contribution in [2.24, 2.45) is 17.4 Å². The van der Waals surface area contributed by atoms with Gasteiger partial charge in [0.15, 0.2) is 0 Å². The Morgan fingerprint density at radius 1 is 1.62 bits per heavy atom. The molecule has 0 spiro atoms. The number of nitrogens with two attached hydrogens (primary N) is 2. The molecule has 1 fully saturated rings. The van der Waals surface area contributed by atoms with Crippen LogP contribution in [0.15, 0.2) is 0 Å². The molecule has 0 saturated carbocycles. The molecule has 1 amide bonds. The first-order chi connectivity index (χ1) is 7.35. The van der Waals surface area contributed by atoms with Crippen LogP contribution in [0.3, 0.4) is 0 Å². The molecule has 1 aliphatic rings. The molecule has 3 unspecified atom stereocenters. The molecule has 1 saturated heterocycles. The summed E-state index contributed by atoms with van der Waals surface area (Å²) in [4.78, 5) is 13.2. The first kappa shape index (κ1) is 12.9. The van der Waals surface area contributed by atoms with E-state index in [-0.39, 0.29) is 11.8 Å². The van der Waals surface area contributed by atoms with E-state index in [0.717, 1.165) is 12.8 Å². The standard InChI is InChI=1S/C11H20N4O/c1-8-3-4-9(10(13)16)5-15(8)7-11(2,14)6-12/h8-9H,3-5,7,14H2,1-2H3,(H2,13,16). The molecule has 1 rings (SSSR count). The Morgan fingerprint density at radius 2 is 2.25 bits per heavy atom. The van der Waals surface area contributed by atoms with Crippen LogP contribution in [0, 0.1) is 17.2 Å². The van der Waals surface area contributed by atoms with Crippen molar-refractivity contribution in [2.75, 3.05) is 13.1 Å². The Labute approximate surface area is 96.4 Å². The van der Waals surface area contributed by atoms with Gasteiger partial charge in [-0.25, -0.2) is 0 Å². The van der Waals surface area contributed by atoms with Gasteiger partial charge in [-0.2, -0.15) is 5.26 Å². The van der Waals surface area contributed by atoms with Gasteiger partial charge < -0.3 is 11.5 Å². The zero-order valence-electron chi connectivity index (χ0n) is 9.94. The lowest BCUT2D eigenvalue weighted by Gasteiger charge is -2.39. The summed E-state index contributed by atoms with van der Waals surface area (Å²) in [6.07, 6.45) is 1.76. The largest absolute Gasteiger partial charge is 0.369 e. The quantitative estimate of drug-likeness (QED) is 0.694. The van der Waals surface area contributed by atoms with Crippen LogP contribution in [-0.2, 0) is 4.79 Å². The fourth-order valence-corrected chi connectivity index (χ4v) is 2.09. The van der Waals surface area contributed by atoms with Gasteiger partial charge in [0.2, 0.25) is 5.91 Å². The molecule has 4 N–H and O–H groups in total. The minimum absolute atomic E-state index is 0.106. The van der Waals surface area contributed by atoms with Crippen molar-refractivity contribution in [3.8, 4) is 6.07 Å². The molecule has 90 valence electrons. The average molecular weight is 224 g/mol. The second kappa shape index (κ2) is 4.81. The highest BCUT2D eigenvalue weighted by Gasteiger charge is 2.32. The minimum Gasteiger partial charge on any atom is -0.369 e. The van der Waals surface area contributed by atoms with E-state index in [9.17, 15) is 4.79 Å². The summed E-state index contributed by atoms with van der Waals surface area (Å²) in [5.41, 5.74) is 10.3. The molecule has 0 aromatic rings. The van der Waals surface area contributed by atoms with Crippen molar-refractivity contribution in [1.29, 1.82) is 5.26 Å². The maximum atomic E-state index is 11.1. The lowest BCUT2D eigenvalue weighted by atomic mass is 9.91. The maximum Gasteiger partial charge on any atom is 0.221 e. The number of hydrogen-bond donors (Lipinski definition) is 2. The Bertz CT molecular complexity index is 308. The van der Waals surface area contributed by atoms with Crippen LogP contribution in [0.25, 0.3) is 0 Å². The van der Waals surface area contributed by atoms with Crippen molar-refractivity contribution in [3.63, 3.8) is 0 Å². The molecule has 0 aliphatic carbocycles. The molecule has 1 aliphatic heterocycles. The van der Waals surface area contributed by atoms with E-state index >= 15 is 0 Å². The summed E-state index contributed by atoms with van der Waals surface area (Å²) in [7, 11) is 0. The van der Waals surface area contributed by atoms with Crippen LogP contribution in [-0.4, -0.2) is 35.5 Å². The third kappa shape index (κ3) is 3.19. The first-order valence-corrected chi connectivity index (χ1v) is 5.59. The van der Waals surface area contributed by atoms with Gasteiger partial charge in [0.25, 0.3) is 0 Å².